The van der Waals surface area contributed by atoms with Crippen LogP contribution in [0.5, 0.6) is 0 Å². The van der Waals surface area contributed by atoms with E-state index in [1.807, 2.05) is 20.8 Å². The van der Waals surface area contributed by atoms with E-state index in [4.69, 9.17) is 0 Å². The first kappa shape index (κ1) is 125. The van der Waals surface area contributed by atoms with E-state index in [1.165, 1.54) is 53.4 Å². The maximum absolute atomic E-state index is 11.9. The Labute approximate surface area is 602 Å². The van der Waals surface area contributed by atoms with Gasteiger partial charge < -0.3 is 0 Å². The van der Waals surface area contributed by atoms with Gasteiger partial charge in [0.1, 0.15) is 0 Å². The second-order valence-electron chi connectivity index (χ2n) is 29.0. The van der Waals surface area contributed by atoms with Crippen molar-refractivity contribution in [2.75, 3.05) is 0 Å². The molecule has 0 aliphatic heterocycles. The minimum absolute atomic E-state index is 0.0658. The molecule has 0 aromatic rings. The topological polar surface area (TPSA) is 0 Å². The molecule has 0 aromatic carbocycles. The van der Waals surface area contributed by atoms with Crippen molar-refractivity contribution >= 4 is 0 Å². The van der Waals surface area contributed by atoms with Crippen LogP contribution in [0.25, 0.3) is 0 Å². The van der Waals surface area contributed by atoms with Gasteiger partial charge in [0, 0.05) is 19.3 Å². The van der Waals surface area contributed by atoms with Crippen LogP contribution in [0.15, 0.2) is 0 Å². The van der Waals surface area contributed by atoms with E-state index in [2.05, 4.69) is 104 Å². The molecule has 0 rings (SSSR count). The quantitative estimate of drug-likeness (QED) is 0.0749. The number of alkyl halides is 33. The molecule has 0 spiro atoms. The molecular weight excluding hydrogens is 1480 g/mol. The lowest BCUT2D eigenvalue weighted by atomic mass is 9.94. The van der Waals surface area contributed by atoms with E-state index >= 15 is 0 Å². The van der Waals surface area contributed by atoms with E-state index in [1.54, 1.807) is 13.8 Å². The minimum Gasteiger partial charge on any atom is -0.171 e. The third-order valence-corrected chi connectivity index (χ3v) is 15.0. The van der Waals surface area contributed by atoms with Crippen molar-refractivity contribution in [3.05, 3.63) is 0 Å². The lowest BCUT2D eigenvalue weighted by molar-refractivity contribution is -0.288. The molecule has 0 heterocycles. The van der Waals surface area contributed by atoms with Gasteiger partial charge in [-0.2, -0.15) is 145 Å². The molecule has 0 saturated heterocycles. The monoisotopic (exact) mass is 1610 g/mol. The molecule has 0 nitrogen and oxygen atoms in total. The second kappa shape index (κ2) is 60.4. The van der Waals surface area contributed by atoms with Crippen molar-refractivity contribution in [3.8, 4) is 0 Å². The Hall–Kier alpha value is -2.31. The zero-order chi connectivity index (χ0) is 86.5. The van der Waals surface area contributed by atoms with E-state index in [0.29, 0.717) is 36.5 Å². The zero-order valence-electron chi connectivity index (χ0n) is 66.0. The highest BCUT2D eigenvalue weighted by Crippen LogP contribution is 2.45. The van der Waals surface area contributed by atoms with Crippen molar-refractivity contribution in [2.45, 2.75) is 389 Å². The van der Waals surface area contributed by atoms with E-state index in [0.717, 1.165) is 50.4 Å². The van der Waals surface area contributed by atoms with Crippen LogP contribution in [0.3, 0.4) is 0 Å². The molecule has 0 unspecified atom stereocenters. The summed E-state index contributed by atoms with van der Waals surface area (Å²) in [5.41, 5.74) is 1.08. The Balaban J connectivity index is -0.000000103. The first-order valence-electron chi connectivity index (χ1n) is 35.4. The van der Waals surface area contributed by atoms with Gasteiger partial charge in [-0.25, -0.2) is 0 Å². The highest BCUT2D eigenvalue weighted by atomic mass is 19.5. The van der Waals surface area contributed by atoms with Crippen LogP contribution in [0, 0.1) is 70.0 Å². The fourth-order valence-corrected chi connectivity index (χ4v) is 5.90. The molecule has 0 bridgehead atoms. The number of hydrogen-bond acceptors (Lipinski definition) is 0. The van der Waals surface area contributed by atoms with Gasteiger partial charge in [-0.1, -0.05) is 263 Å². The molecule has 0 radical (unpaired) electrons. The lowest BCUT2D eigenvalue weighted by Crippen LogP contribution is -2.37. The van der Waals surface area contributed by atoms with Crippen molar-refractivity contribution in [1.82, 2.24) is 0 Å². The third kappa shape index (κ3) is 106. The Kier molecular flexibility index (Phi) is 72.8. The molecule has 33 heteroatoms. The average Bonchev–Trinajstić information content (AvgIpc) is 0.846. The van der Waals surface area contributed by atoms with Gasteiger partial charge in [-0.3, -0.25) is 0 Å². The number of hydrogen-bond donors (Lipinski definition) is 0. The molecule has 0 fully saturated rings. The maximum Gasteiger partial charge on any atom is 0.400 e. The molecular formula is C71H131F33. The van der Waals surface area contributed by atoms with Gasteiger partial charge in [0.15, 0.2) is 17.8 Å². The SMILES string of the molecule is CC(C)C(C)C.CC(C)CC(C(F)(F)F)C(F)(F)F.CCC(C)(C)C.CCC(C)(C)C.CCC(C)CC.CCCC(C(F)(F)F)C(F)(F)F.CCCCC(C(F)(F)F)C(F)(F)F.CCCCCCC(F)(F)F.CCCC[C@H](C)C(F)(F)F.CCC[C@H](C)CC(F)(F)F.C[C@@H](CCC(F)(F)F)C(F)(F)F. The summed E-state index contributed by atoms with van der Waals surface area (Å²) < 4.78 is 386. The molecule has 0 aromatic heterocycles. The largest absolute Gasteiger partial charge is 0.400 e. The van der Waals surface area contributed by atoms with Crippen LogP contribution >= 0.6 is 0 Å². The Morgan fingerprint density at radius 3 is 0.683 bits per heavy atom. The van der Waals surface area contributed by atoms with E-state index < -0.39 is 148 Å². The van der Waals surface area contributed by atoms with Crippen LogP contribution < -0.4 is 0 Å². The molecule has 0 saturated carbocycles. The molecule has 0 aliphatic rings. The predicted octanol–water partition coefficient (Wildman–Crippen LogP) is 34.6. The number of halogens is 33. The molecule has 104 heavy (non-hydrogen) atoms. The van der Waals surface area contributed by atoms with Gasteiger partial charge >= 0.3 is 67.9 Å². The Morgan fingerprint density at radius 1 is 0.240 bits per heavy atom. The normalized spacial score (nSPS) is 13.7. The van der Waals surface area contributed by atoms with Crippen molar-refractivity contribution < 1.29 is 145 Å². The fraction of sp³-hybridized carbons (Fsp3) is 1.00. The Morgan fingerprint density at radius 2 is 0.510 bits per heavy atom. The van der Waals surface area contributed by atoms with Crippen LogP contribution in [0.2, 0.25) is 0 Å². The summed E-state index contributed by atoms with van der Waals surface area (Å²) in [6, 6.07) is 0. The van der Waals surface area contributed by atoms with Crippen LogP contribution in [-0.4, -0.2) is 67.9 Å². The van der Waals surface area contributed by atoms with Crippen molar-refractivity contribution in [1.29, 1.82) is 0 Å². The molecule has 0 aliphatic carbocycles. The van der Waals surface area contributed by atoms with Crippen LogP contribution in [0.1, 0.15) is 321 Å². The van der Waals surface area contributed by atoms with Gasteiger partial charge in [-0.15, -0.1) is 0 Å². The highest BCUT2D eigenvalue weighted by molar-refractivity contribution is 4.77. The summed E-state index contributed by atoms with van der Waals surface area (Å²) >= 11 is 0. The van der Waals surface area contributed by atoms with Gasteiger partial charge in [-0.05, 0) is 78.9 Å². The fourth-order valence-electron chi connectivity index (χ4n) is 5.90. The lowest BCUT2D eigenvalue weighted by Gasteiger charge is -2.24. The van der Waals surface area contributed by atoms with E-state index in [-0.39, 0.29) is 31.6 Å². The van der Waals surface area contributed by atoms with Crippen molar-refractivity contribution in [2.24, 2.45) is 70.0 Å². The summed E-state index contributed by atoms with van der Waals surface area (Å²) in [6.07, 6.45) is -46.8. The summed E-state index contributed by atoms with van der Waals surface area (Å²) in [5, 5.41) is 0. The van der Waals surface area contributed by atoms with Crippen LogP contribution in [0.4, 0.5) is 145 Å². The number of unbranched alkanes of at least 4 members (excludes halogenated alkanes) is 5. The summed E-state index contributed by atoms with van der Waals surface area (Å²) in [5.74, 6) is -10.8. The Bertz CT molecular complexity index is 1740. The van der Waals surface area contributed by atoms with Crippen LogP contribution in [-0.2, 0) is 0 Å². The van der Waals surface area contributed by atoms with Gasteiger partial charge in [0.05, 0.1) is 11.8 Å². The first-order chi connectivity index (χ1) is 45.6. The van der Waals surface area contributed by atoms with Gasteiger partial charge in [0.2, 0.25) is 0 Å². The second-order valence-corrected chi connectivity index (χ2v) is 29.0. The highest BCUT2D eigenvalue weighted by Gasteiger charge is 2.58. The predicted molar refractivity (Wildman–Crippen MR) is 354 cm³/mol. The van der Waals surface area contributed by atoms with Gasteiger partial charge in [0.25, 0.3) is 0 Å². The smallest absolute Gasteiger partial charge is 0.171 e. The average molecular weight is 1610 g/mol. The summed E-state index contributed by atoms with van der Waals surface area (Å²) in [6.45, 7) is 48.4. The maximum atomic E-state index is 11.9. The standard InChI is InChI=1S/2C7H10F6.3C7H13F3.2C6H8F6.4C6H14/c1-4(2)3-5(6(8,9)10)7(11,12)13;1-2-3-4-5(6(8,9)10)7(11,12)13;1-3-4-6(2)5-7(8,9)10;1-3-4-5-6(2)7(8,9)10;1-2-3-4-5-6-7(8,9)10;1-4(6(10,11)12)2-3-5(7,8)9;1-2-3-4(5(7,8)9)6(10,11)12;2*1-5-6(2,3)4;1-5(2)6(3)4;1-4-6(3)5-2/h4-5H,3H2,1-2H3;5H,2-4H2,1H3;2*6H,3-5H2,1-2H3;2-6H2,1H3;2*4H,2-3H2,1H3;2*5H2,1-4H3;5-6H,1-4H3;6H,4-5H2,1-3H3/t;;2*6-;;4-;;;;;/m..00.0...../s1. The first-order valence-corrected chi connectivity index (χ1v) is 35.4. The zero-order valence-corrected chi connectivity index (χ0v) is 66.0. The minimum atomic E-state index is -5.19. The molecule has 0 amide bonds. The van der Waals surface area contributed by atoms with E-state index in [9.17, 15) is 145 Å². The number of rotatable bonds is 22. The molecule has 3 atom stereocenters. The summed E-state index contributed by atoms with van der Waals surface area (Å²) in [7, 11) is 0. The molecule has 0 N–H and O–H groups in total. The molecule has 646 valence electrons. The third-order valence-electron chi connectivity index (χ3n) is 15.0. The summed E-state index contributed by atoms with van der Waals surface area (Å²) in [4.78, 5) is 0. The van der Waals surface area contributed by atoms with Crippen molar-refractivity contribution in [3.63, 3.8) is 0 Å².